The molecule has 0 radical (unpaired) electrons. The van der Waals surface area contributed by atoms with Crippen LogP contribution in [0.1, 0.15) is 17.3 Å². The maximum Gasteiger partial charge on any atom is 0.290 e. The number of nitrogens with zero attached hydrogens (tertiary/aromatic N) is 2. The minimum absolute atomic E-state index is 0.0216. The Bertz CT molecular complexity index is 535. The lowest BCUT2D eigenvalue weighted by Gasteiger charge is -2.20. The Kier molecular flexibility index (Phi) is 5.74. The van der Waals surface area contributed by atoms with Gasteiger partial charge in [-0.15, -0.1) is 0 Å². The maximum atomic E-state index is 12.0. The lowest BCUT2D eigenvalue weighted by Crippen LogP contribution is -2.38. The fourth-order valence-corrected chi connectivity index (χ4v) is 1.76. The Morgan fingerprint density at radius 1 is 1.45 bits per heavy atom. The van der Waals surface area contributed by atoms with Crippen molar-refractivity contribution >= 4 is 34.8 Å². The first-order chi connectivity index (χ1) is 9.23. The van der Waals surface area contributed by atoms with Crippen LogP contribution in [0.4, 0.5) is 5.69 Å². The summed E-state index contributed by atoms with van der Waals surface area (Å²) < 4.78 is 0. The molecule has 6 nitrogen and oxygen atoms in total. The van der Waals surface area contributed by atoms with Crippen molar-refractivity contribution in [2.45, 2.75) is 13.0 Å². The highest BCUT2D eigenvalue weighted by molar-refractivity contribution is 6.43. The largest absolute Gasteiger partial charge is 0.350 e. The van der Waals surface area contributed by atoms with E-state index in [1.54, 1.807) is 0 Å². The lowest BCUT2D eigenvalue weighted by atomic mass is 10.2. The molecular formula is C12H15Cl2N3O3. The van der Waals surface area contributed by atoms with Gasteiger partial charge in [0.1, 0.15) is 5.02 Å². The molecule has 0 aliphatic rings. The van der Waals surface area contributed by atoms with Gasteiger partial charge in [0.2, 0.25) is 0 Å². The number of amides is 1. The molecule has 1 N–H and O–H groups in total. The van der Waals surface area contributed by atoms with E-state index in [1.165, 1.54) is 6.07 Å². The third-order valence-electron chi connectivity index (χ3n) is 2.91. The summed E-state index contributed by atoms with van der Waals surface area (Å²) in [6.07, 6.45) is 0. The van der Waals surface area contributed by atoms with E-state index in [2.05, 4.69) is 5.32 Å². The molecule has 20 heavy (non-hydrogen) atoms. The molecule has 1 amide bonds. The molecule has 1 unspecified atom stereocenters. The molecular weight excluding hydrogens is 305 g/mol. The van der Waals surface area contributed by atoms with Crippen molar-refractivity contribution in [2.24, 2.45) is 0 Å². The normalized spacial score (nSPS) is 12.3. The number of rotatable bonds is 5. The molecule has 1 atom stereocenters. The van der Waals surface area contributed by atoms with Crippen molar-refractivity contribution in [1.82, 2.24) is 10.2 Å². The quantitative estimate of drug-likeness (QED) is 0.668. The van der Waals surface area contributed by atoms with E-state index in [0.717, 1.165) is 6.07 Å². The average Bonchev–Trinajstić information content (AvgIpc) is 2.37. The summed E-state index contributed by atoms with van der Waals surface area (Å²) >= 11 is 11.5. The topological polar surface area (TPSA) is 75.5 Å². The molecule has 0 aliphatic carbocycles. The fraction of sp³-hybridized carbons (Fsp3) is 0.417. The van der Waals surface area contributed by atoms with Gasteiger partial charge in [0.25, 0.3) is 11.6 Å². The van der Waals surface area contributed by atoms with E-state index >= 15 is 0 Å². The van der Waals surface area contributed by atoms with Crippen LogP contribution in [0.5, 0.6) is 0 Å². The molecule has 0 aromatic heterocycles. The fourth-order valence-electron chi connectivity index (χ4n) is 1.36. The van der Waals surface area contributed by atoms with Gasteiger partial charge in [-0.3, -0.25) is 14.9 Å². The molecule has 8 heteroatoms. The molecule has 0 aliphatic heterocycles. The SMILES string of the molecule is CC(CNC(=O)c1cc(Cl)c(Cl)c([N+](=O)[O-])c1)N(C)C. The van der Waals surface area contributed by atoms with Gasteiger partial charge < -0.3 is 10.2 Å². The summed E-state index contributed by atoms with van der Waals surface area (Å²) in [4.78, 5) is 24.1. The number of nitrogens with one attached hydrogen (secondary N) is 1. The van der Waals surface area contributed by atoms with Crippen LogP contribution in [-0.2, 0) is 0 Å². The zero-order valence-corrected chi connectivity index (χ0v) is 12.8. The number of hydrogen-bond acceptors (Lipinski definition) is 4. The van der Waals surface area contributed by atoms with Gasteiger partial charge in [-0.25, -0.2) is 0 Å². The van der Waals surface area contributed by atoms with Crippen LogP contribution in [0.25, 0.3) is 0 Å². The summed E-state index contributed by atoms with van der Waals surface area (Å²) in [6.45, 7) is 2.36. The Morgan fingerprint density at radius 3 is 2.55 bits per heavy atom. The van der Waals surface area contributed by atoms with Crippen LogP contribution >= 0.6 is 23.2 Å². The Morgan fingerprint density at radius 2 is 2.05 bits per heavy atom. The molecule has 1 rings (SSSR count). The summed E-state index contributed by atoms with van der Waals surface area (Å²) in [5.41, 5.74) is -0.276. The minimum Gasteiger partial charge on any atom is -0.350 e. The van der Waals surface area contributed by atoms with Crippen LogP contribution in [-0.4, -0.2) is 42.4 Å². The second-order valence-corrected chi connectivity index (χ2v) is 5.36. The molecule has 110 valence electrons. The van der Waals surface area contributed by atoms with Crippen molar-refractivity contribution in [1.29, 1.82) is 0 Å². The van der Waals surface area contributed by atoms with Gasteiger partial charge in [-0.05, 0) is 27.1 Å². The van der Waals surface area contributed by atoms with Crippen molar-refractivity contribution in [3.63, 3.8) is 0 Å². The molecule has 0 saturated carbocycles. The zero-order valence-electron chi connectivity index (χ0n) is 11.3. The molecule has 0 bridgehead atoms. The van der Waals surface area contributed by atoms with Gasteiger partial charge in [-0.2, -0.15) is 0 Å². The Hall–Kier alpha value is -1.37. The van der Waals surface area contributed by atoms with Crippen LogP contribution in [0.15, 0.2) is 12.1 Å². The van der Waals surface area contributed by atoms with E-state index < -0.39 is 10.8 Å². The molecule has 0 spiro atoms. The van der Waals surface area contributed by atoms with E-state index in [4.69, 9.17) is 23.2 Å². The van der Waals surface area contributed by atoms with Crippen LogP contribution in [0.3, 0.4) is 0 Å². The molecule has 1 aromatic rings. The van der Waals surface area contributed by atoms with Crippen molar-refractivity contribution in [3.8, 4) is 0 Å². The van der Waals surface area contributed by atoms with E-state index in [9.17, 15) is 14.9 Å². The first-order valence-electron chi connectivity index (χ1n) is 5.82. The highest BCUT2D eigenvalue weighted by atomic mass is 35.5. The molecule has 0 fully saturated rings. The molecule has 0 heterocycles. The summed E-state index contributed by atoms with van der Waals surface area (Å²) in [5, 5.41) is 13.3. The molecule has 0 saturated heterocycles. The van der Waals surface area contributed by atoms with Crippen LogP contribution in [0.2, 0.25) is 10.0 Å². The van der Waals surface area contributed by atoms with Crippen molar-refractivity contribution < 1.29 is 9.72 Å². The first kappa shape index (κ1) is 16.7. The Labute approximate surface area is 126 Å². The van der Waals surface area contributed by atoms with Gasteiger partial charge in [0.05, 0.1) is 9.95 Å². The van der Waals surface area contributed by atoms with E-state index in [0.29, 0.717) is 6.54 Å². The number of carbonyl (C=O) groups excluding carboxylic acids is 1. The number of carbonyl (C=O) groups is 1. The number of likely N-dealkylation sites (N-methyl/N-ethyl adjacent to an activating group) is 1. The van der Waals surface area contributed by atoms with E-state index in [1.807, 2.05) is 25.9 Å². The maximum absolute atomic E-state index is 12.0. The third kappa shape index (κ3) is 4.06. The Balaban J connectivity index is 2.91. The van der Waals surface area contributed by atoms with Crippen molar-refractivity contribution in [2.75, 3.05) is 20.6 Å². The van der Waals surface area contributed by atoms with Crippen LogP contribution < -0.4 is 5.32 Å². The summed E-state index contributed by atoms with van der Waals surface area (Å²) in [6, 6.07) is 2.56. The second kappa shape index (κ2) is 6.88. The second-order valence-electron chi connectivity index (χ2n) is 4.57. The number of nitro groups is 1. The zero-order chi connectivity index (χ0) is 15.4. The molecule has 1 aromatic carbocycles. The number of hydrogen-bond donors (Lipinski definition) is 1. The predicted molar refractivity (Wildman–Crippen MR) is 78.6 cm³/mol. The van der Waals surface area contributed by atoms with Gasteiger partial charge in [0, 0.05) is 24.2 Å². The number of halogens is 2. The third-order valence-corrected chi connectivity index (χ3v) is 3.70. The minimum atomic E-state index is -0.673. The van der Waals surface area contributed by atoms with Gasteiger partial charge in [0.15, 0.2) is 0 Å². The summed E-state index contributed by atoms with van der Waals surface area (Å²) in [7, 11) is 3.78. The predicted octanol–water partition coefficient (Wildman–Crippen LogP) is 2.58. The van der Waals surface area contributed by atoms with Gasteiger partial charge in [-0.1, -0.05) is 23.2 Å². The van der Waals surface area contributed by atoms with Crippen molar-refractivity contribution in [3.05, 3.63) is 37.9 Å². The highest BCUT2D eigenvalue weighted by Gasteiger charge is 2.20. The average molecular weight is 320 g/mol. The standard InChI is InChI=1S/C12H15Cl2N3O3/c1-7(16(2)3)6-15-12(18)8-4-9(13)11(14)10(5-8)17(19)20/h4-5,7H,6H2,1-3H3,(H,15,18). The lowest BCUT2D eigenvalue weighted by molar-refractivity contribution is -0.384. The highest BCUT2D eigenvalue weighted by Crippen LogP contribution is 2.32. The smallest absolute Gasteiger partial charge is 0.290 e. The number of nitro benzene ring substituents is 1. The van der Waals surface area contributed by atoms with E-state index in [-0.39, 0.29) is 27.3 Å². The summed E-state index contributed by atoms with van der Waals surface area (Å²) in [5.74, 6) is -0.430. The monoisotopic (exact) mass is 319 g/mol. The first-order valence-corrected chi connectivity index (χ1v) is 6.57. The van der Waals surface area contributed by atoms with Crippen LogP contribution in [0, 0.1) is 10.1 Å². The van der Waals surface area contributed by atoms with Gasteiger partial charge >= 0.3 is 0 Å². The number of benzene rings is 1.